The maximum Gasteiger partial charge on any atom is 0.305 e. The van der Waals surface area contributed by atoms with Crippen LogP contribution in [0.2, 0.25) is 0 Å². The van der Waals surface area contributed by atoms with Crippen molar-refractivity contribution >= 4 is 11.8 Å². The fourth-order valence-corrected chi connectivity index (χ4v) is 2.02. The van der Waals surface area contributed by atoms with E-state index < -0.39 is 11.5 Å². The van der Waals surface area contributed by atoms with Gasteiger partial charge in [0, 0.05) is 30.6 Å². The number of carboxylic acid groups (broad SMARTS) is 1. The summed E-state index contributed by atoms with van der Waals surface area (Å²) < 4.78 is 0. The van der Waals surface area contributed by atoms with E-state index in [1.807, 2.05) is 27.7 Å². The molecule has 0 aromatic carbocycles. The van der Waals surface area contributed by atoms with Crippen LogP contribution in [0.4, 0.5) is 0 Å². The highest BCUT2D eigenvalue weighted by atomic mass is 16.4. The zero-order valence-corrected chi connectivity index (χ0v) is 14.0. The number of carboxylic acids is 1. The predicted octanol–water partition coefficient (Wildman–Crippen LogP) is 2.12. The van der Waals surface area contributed by atoms with Gasteiger partial charge >= 0.3 is 5.97 Å². The molecule has 0 rings (SSSR count). The van der Waals surface area contributed by atoms with E-state index in [-0.39, 0.29) is 17.7 Å². The van der Waals surface area contributed by atoms with Crippen molar-refractivity contribution in [1.29, 1.82) is 0 Å². The third-order valence-electron chi connectivity index (χ3n) is 3.68. The van der Waals surface area contributed by atoms with Gasteiger partial charge in [-0.05, 0) is 39.7 Å². The van der Waals surface area contributed by atoms with Crippen molar-refractivity contribution in [2.45, 2.75) is 65.0 Å². The second kappa shape index (κ2) is 8.29. The maximum absolute atomic E-state index is 11.8. The Morgan fingerprint density at radius 2 is 1.62 bits per heavy atom. The largest absolute Gasteiger partial charge is 0.481 e. The van der Waals surface area contributed by atoms with Crippen LogP contribution in [0.3, 0.4) is 0 Å². The summed E-state index contributed by atoms with van der Waals surface area (Å²) in [4.78, 5) is 22.5. The van der Waals surface area contributed by atoms with Crippen LogP contribution in [-0.4, -0.2) is 41.0 Å². The third kappa shape index (κ3) is 8.63. The smallest absolute Gasteiger partial charge is 0.305 e. The Kier molecular flexibility index (Phi) is 7.82. The number of carbonyl (C=O) groups is 2. The fourth-order valence-electron chi connectivity index (χ4n) is 2.02. The first-order chi connectivity index (χ1) is 9.51. The number of ketones is 1. The molecule has 0 saturated carbocycles. The minimum absolute atomic E-state index is 0.0750. The molecule has 0 spiro atoms. The van der Waals surface area contributed by atoms with Crippen LogP contribution in [0.5, 0.6) is 0 Å². The Bertz CT molecular complexity index is 391. The molecule has 0 fully saturated rings. The zero-order chi connectivity index (χ0) is 16.7. The van der Waals surface area contributed by atoms with Crippen molar-refractivity contribution in [3.05, 3.63) is 12.2 Å². The monoisotopic (exact) mass is 298 g/mol. The number of aliphatic carboxylic acids is 1. The average Bonchev–Trinajstić information content (AvgIpc) is 2.33. The van der Waals surface area contributed by atoms with E-state index in [9.17, 15) is 9.59 Å². The van der Waals surface area contributed by atoms with E-state index in [4.69, 9.17) is 5.11 Å². The standard InChI is InChI=1S/C16H30N2O3/c1-7-16(6,10-13(19)12(2)3)18-9-8-17-15(4,5)11-14(20)21/h17-18H,2,7-11H2,1,3-6H3,(H,20,21). The minimum atomic E-state index is -0.814. The van der Waals surface area contributed by atoms with Crippen molar-refractivity contribution in [2.24, 2.45) is 0 Å². The van der Waals surface area contributed by atoms with Crippen molar-refractivity contribution in [1.82, 2.24) is 10.6 Å². The van der Waals surface area contributed by atoms with Gasteiger partial charge in [0.05, 0.1) is 6.42 Å². The van der Waals surface area contributed by atoms with Gasteiger partial charge in [-0.3, -0.25) is 9.59 Å². The molecule has 0 heterocycles. The molecule has 0 amide bonds. The zero-order valence-electron chi connectivity index (χ0n) is 14.0. The lowest BCUT2D eigenvalue weighted by molar-refractivity contribution is -0.138. The maximum atomic E-state index is 11.8. The molecule has 21 heavy (non-hydrogen) atoms. The third-order valence-corrected chi connectivity index (χ3v) is 3.68. The second-order valence-electron chi connectivity index (χ2n) is 6.60. The lowest BCUT2D eigenvalue weighted by Gasteiger charge is -2.31. The lowest BCUT2D eigenvalue weighted by atomic mass is 9.90. The summed E-state index contributed by atoms with van der Waals surface area (Å²) in [7, 11) is 0. The molecule has 0 aromatic heterocycles. The fraction of sp³-hybridized carbons (Fsp3) is 0.750. The van der Waals surface area contributed by atoms with Crippen LogP contribution in [0.15, 0.2) is 12.2 Å². The number of nitrogens with one attached hydrogen (secondary N) is 2. The molecule has 0 radical (unpaired) electrons. The van der Waals surface area contributed by atoms with Crippen LogP contribution in [-0.2, 0) is 9.59 Å². The Labute approximate surface area is 128 Å². The van der Waals surface area contributed by atoms with E-state index in [0.717, 1.165) is 6.42 Å². The van der Waals surface area contributed by atoms with Crippen LogP contribution >= 0.6 is 0 Å². The van der Waals surface area contributed by atoms with E-state index >= 15 is 0 Å². The van der Waals surface area contributed by atoms with E-state index in [1.165, 1.54) is 0 Å². The Morgan fingerprint density at radius 3 is 2.05 bits per heavy atom. The molecule has 0 aromatic rings. The van der Waals surface area contributed by atoms with E-state index in [2.05, 4.69) is 17.2 Å². The molecule has 5 heteroatoms. The van der Waals surface area contributed by atoms with Crippen LogP contribution in [0.25, 0.3) is 0 Å². The van der Waals surface area contributed by atoms with Gasteiger partial charge in [-0.2, -0.15) is 0 Å². The first kappa shape index (κ1) is 19.8. The highest BCUT2D eigenvalue weighted by molar-refractivity contribution is 5.94. The van der Waals surface area contributed by atoms with Gasteiger partial charge < -0.3 is 15.7 Å². The molecule has 122 valence electrons. The average molecular weight is 298 g/mol. The molecule has 0 aliphatic rings. The van der Waals surface area contributed by atoms with Crippen molar-refractivity contribution < 1.29 is 14.7 Å². The second-order valence-corrected chi connectivity index (χ2v) is 6.60. The molecule has 1 atom stereocenters. The quantitative estimate of drug-likeness (QED) is 0.402. The van der Waals surface area contributed by atoms with E-state index in [0.29, 0.717) is 25.1 Å². The Morgan fingerprint density at radius 1 is 1.10 bits per heavy atom. The van der Waals surface area contributed by atoms with Gasteiger partial charge in [0.15, 0.2) is 5.78 Å². The molecule has 0 saturated heterocycles. The highest BCUT2D eigenvalue weighted by Gasteiger charge is 2.25. The Hall–Kier alpha value is -1.20. The van der Waals surface area contributed by atoms with Crippen LogP contribution < -0.4 is 10.6 Å². The Balaban J connectivity index is 4.26. The highest BCUT2D eigenvalue weighted by Crippen LogP contribution is 2.16. The van der Waals surface area contributed by atoms with Gasteiger partial charge in [0.25, 0.3) is 0 Å². The minimum Gasteiger partial charge on any atom is -0.481 e. The number of Topliss-reactive ketones (excluding diaryl/α,β-unsaturated/α-hetero) is 1. The molecular formula is C16H30N2O3. The topological polar surface area (TPSA) is 78.4 Å². The summed E-state index contributed by atoms with van der Waals surface area (Å²) in [6.07, 6.45) is 1.34. The summed E-state index contributed by atoms with van der Waals surface area (Å²) >= 11 is 0. The predicted molar refractivity (Wildman–Crippen MR) is 85.5 cm³/mol. The van der Waals surface area contributed by atoms with Gasteiger partial charge in [-0.25, -0.2) is 0 Å². The summed E-state index contributed by atoms with van der Waals surface area (Å²) in [5.74, 6) is -0.739. The number of carbonyl (C=O) groups excluding carboxylic acids is 1. The molecule has 0 bridgehead atoms. The van der Waals surface area contributed by atoms with Gasteiger partial charge in [-0.1, -0.05) is 13.5 Å². The first-order valence-electron chi connectivity index (χ1n) is 7.42. The molecule has 3 N–H and O–H groups in total. The molecule has 5 nitrogen and oxygen atoms in total. The van der Waals surface area contributed by atoms with Crippen molar-refractivity contribution in [2.75, 3.05) is 13.1 Å². The van der Waals surface area contributed by atoms with Gasteiger partial charge in [0.1, 0.15) is 0 Å². The normalized spacial score (nSPS) is 14.5. The van der Waals surface area contributed by atoms with Crippen molar-refractivity contribution in [3.8, 4) is 0 Å². The van der Waals surface area contributed by atoms with Crippen LogP contribution in [0, 0.1) is 0 Å². The summed E-state index contributed by atoms with van der Waals surface area (Å²) in [6, 6.07) is 0. The molecule has 0 aliphatic heterocycles. The number of hydrogen-bond donors (Lipinski definition) is 3. The molecular weight excluding hydrogens is 268 g/mol. The number of rotatable bonds is 11. The van der Waals surface area contributed by atoms with Crippen molar-refractivity contribution in [3.63, 3.8) is 0 Å². The summed E-state index contributed by atoms with van der Waals surface area (Å²) in [5, 5.41) is 15.4. The molecule has 0 aliphatic carbocycles. The number of hydrogen-bond acceptors (Lipinski definition) is 4. The summed E-state index contributed by atoms with van der Waals surface area (Å²) in [6.45, 7) is 14.5. The first-order valence-corrected chi connectivity index (χ1v) is 7.42. The molecule has 1 unspecified atom stereocenters. The SMILES string of the molecule is C=C(C)C(=O)CC(C)(CC)NCCNC(C)(C)CC(=O)O. The van der Waals surface area contributed by atoms with E-state index in [1.54, 1.807) is 6.92 Å². The van der Waals surface area contributed by atoms with Gasteiger partial charge in [0.2, 0.25) is 0 Å². The van der Waals surface area contributed by atoms with Crippen LogP contribution in [0.1, 0.15) is 53.9 Å². The number of allylic oxidation sites excluding steroid dienone is 1. The van der Waals surface area contributed by atoms with Gasteiger partial charge in [-0.15, -0.1) is 0 Å². The summed E-state index contributed by atoms with van der Waals surface area (Å²) in [5.41, 5.74) is -0.115. The lowest BCUT2D eigenvalue weighted by Crippen LogP contribution is -2.49.